The second kappa shape index (κ2) is 8.32. The van der Waals surface area contributed by atoms with Crippen molar-refractivity contribution >= 4 is 11.9 Å². The van der Waals surface area contributed by atoms with Crippen molar-refractivity contribution in [3.05, 3.63) is 17.7 Å². The van der Waals surface area contributed by atoms with Crippen molar-refractivity contribution in [3.8, 4) is 11.6 Å². The van der Waals surface area contributed by atoms with Gasteiger partial charge >= 0.3 is 5.97 Å². The molecule has 2 aromatic heterocycles. The second-order valence-electron chi connectivity index (χ2n) is 6.70. The minimum absolute atomic E-state index is 0.0356. The third kappa shape index (κ3) is 4.53. The highest BCUT2D eigenvalue weighted by Gasteiger charge is 2.28. The smallest absolute Gasteiger partial charge is 0.309 e. The fourth-order valence-electron chi connectivity index (χ4n) is 3.27. The lowest BCUT2D eigenvalue weighted by molar-refractivity contribution is -0.151. The summed E-state index contributed by atoms with van der Waals surface area (Å²) < 4.78 is 12.4. The van der Waals surface area contributed by atoms with Crippen LogP contribution in [0.15, 0.2) is 10.5 Å². The van der Waals surface area contributed by atoms with Crippen LogP contribution in [0.5, 0.6) is 0 Å². The van der Waals surface area contributed by atoms with Crippen LogP contribution in [0, 0.1) is 12.8 Å². The summed E-state index contributed by atoms with van der Waals surface area (Å²) in [5.41, 5.74) is 1.62. The predicted octanol–water partition coefficient (Wildman–Crippen LogP) is 1.51. The van der Waals surface area contributed by atoms with E-state index in [1.165, 1.54) is 0 Å². The average Bonchev–Trinajstić information content (AvgIpc) is 3.25. The molecule has 2 aromatic rings. The van der Waals surface area contributed by atoms with Crippen molar-refractivity contribution in [1.82, 2.24) is 24.9 Å². The summed E-state index contributed by atoms with van der Waals surface area (Å²) in [6.07, 6.45) is 1.99. The Morgan fingerprint density at radius 2 is 2.04 bits per heavy atom. The standard InChI is InChI=1S/C18H25N5O4/c1-4-26-18(25)13-7-9-23(10-8-13)16(24)6-5-15-19-20-17(27-15)14-11-12(2)21-22(14)3/h11,13H,4-10H2,1-3H3. The minimum Gasteiger partial charge on any atom is -0.466 e. The van der Waals surface area contributed by atoms with Crippen molar-refractivity contribution < 1.29 is 18.7 Å². The van der Waals surface area contributed by atoms with E-state index in [1.807, 2.05) is 20.0 Å². The lowest BCUT2D eigenvalue weighted by atomic mass is 9.97. The van der Waals surface area contributed by atoms with Crippen LogP contribution >= 0.6 is 0 Å². The molecule has 27 heavy (non-hydrogen) atoms. The molecule has 0 aliphatic carbocycles. The van der Waals surface area contributed by atoms with Gasteiger partial charge in [0.2, 0.25) is 11.8 Å². The fourth-order valence-corrected chi connectivity index (χ4v) is 3.27. The maximum absolute atomic E-state index is 12.4. The van der Waals surface area contributed by atoms with E-state index < -0.39 is 0 Å². The lowest BCUT2D eigenvalue weighted by Gasteiger charge is -2.30. The predicted molar refractivity (Wildman–Crippen MR) is 95.5 cm³/mol. The Bertz CT molecular complexity index is 805. The largest absolute Gasteiger partial charge is 0.466 e. The van der Waals surface area contributed by atoms with Crippen LogP contribution in [-0.4, -0.2) is 56.5 Å². The SMILES string of the molecule is CCOC(=O)C1CCN(C(=O)CCc2nnc(-c3cc(C)nn3C)o2)CC1. The van der Waals surface area contributed by atoms with E-state index in [0.717, 1.165) is 11.4 Å². The van der Waals surface area contributed by atoms with Crippen LogP contribution in [0.2, 0.25) is 0 Å². The number of rotatable bonds is 6. The lowest BCUT2D eigenvalue weighted by Crippen LogP contribution is -2.40. The zero-order valence-electron chi connectivity index (χ0n) is 16.0. The number of hydrogen-bond acceptors (Lipinski definition) is 7. The number of likely N-dealkylation sites (tertiary alicyclic amines) is 1. The first kappa shape index (κ1) is 19.1. The molecule has 0 bridgehead atoms. The highest BCUT2D eigenvalue weighted by molar-refractivity contribution is 5.77. The molecule has 1 aliphatic heterocycles. The zero-order valence-corrected chi connectivity index (χ0v) is 16.0. The van der Waals surface area contributed by atoms with Crippen molar-refractivity contribution in [2.45, 2.75) is 39.5 Å². The fraction of sp³-hybridized carbons (Fsp3) is 0.611. The van der Waals surface area contributed by atoms with Gasteiger partial charge in [0.15, 0.2) is 0 Å². The van der Waals surface area contributed by atoms with Gasteiger partial charge in [-0.2, -0.15) is 5.10 Å². The molecule has 9 heteroatoms. The Balaban J connectivity index is 1.49. The summed E-state index contributed by atoms with van der Waals surface area (Å²) in [4.78, 5) is 26.0. The number of hydrogen-bond donors (Lipinski definition) is 0. The molecular weight excluding hydrogens is 350 g/mol. The normalized spacial score (nSPS) is 15.1. The van der Waals surface area contributed by atoms with E-state index >= 15 is 0 Å². The quantitative estimate of drug-likeness (QED) is 0.705. The summed E-state index contributed by atoms with van der Waals surface area (Å²) >= 11 is 0. The van der Waals surface area contributed by atoms with Gasteiger partial charge in [0.1, 0.15) is 5.69 Å². The third-order valence-electron chi connectivity index (χ3n) is 4.71. The van der Waals surface area contributed by atoms with E-state index in [-0.39, 0.29) is 17.8 Å². The van der Waals surface area contributed by atoms with Gasteiger partial charge in [-0.3, -0.25) is 14.3 Å². The summed E-state index contributed by atoms with van der Waals surface area (Å²) in [6.45, 7) is 5.24. The average molecular weight is 375 g/mol. The first-order valence-corrected chi connectivity index (χ1v) is 9.25. The van der Waals surface area contributed by atoms with Crippen molar-refractivity contribution in [2.24, 2.45) is 13.0 Å². The van der Waals surface area contributed by atoms with Crippen LogP contribution < -0.4 is 0 Å². The number of piperidine rings is 1. The molecule has 3 rings (SSSR count). The van der Waals surface area contributed by atoms with Gasteiger partial charge in [0.05, 0.1) is 18.2 Å². The molecule has 1 amide bonds. The Kier molecular flexibility index (Phi) is 5.88. The van der Waals surface area contributed by atoms with E-state index in [1.54, 1.807) is 16.5 Å². The van der Waals surface area contributed by atoms with Crippen LogP contribution in [0.3, 0.4) is 0 Å². The Hall–Kier alpha value is -2.71. The molecule has 0 spiro atoms. The number of nitrogens with zero attached hydrogens (tertiary/aromatic N) is 5. The van der Waals surface area contributed by atoms with Crippen molar-refractivity contribution in [1.29, 1.82) is 0 Å². The number of ether oxygens (including phenoxy) is 1. The summed E-state index contributed by atoms with van der Waals surface area (Å²) in [5, 5.41) is 12.3. The molecule has 1 aliphatic rings. The molecule has 0 radical (unpaired) electrons. The van der Waals surface area contributed by atoms with Crippen molar-refractivity contribution in [2.75, 3.05) is 19.7 Å². The molecule has 0 unspecified atom stereocenters. The first-order valence-electron chi connectivity index (χ1n) is 9.25. The number of aromatic nitrogens is 4. The number of carbonyl (C=O) groups excluding carboxylic acids is 2. The van der Waals surface area contributed by atoms with Gasteiger partial charge < -0.3 is 14.1 Å². The van der Waals surface area contributed by atoms with E-state index in [4.69, 9.17) is 9.15 Å². The van der Waals surface area contributed by atoms with E-state index in [2.05, 4.69) is 15.3 Å². The molecule has 1 saturated heterocycles. The summed E-state index contributed by atoms with van der Waals surface area (Å²) in [5.74, 6) is 0.603. The number of esters is 1. The van der Waals surface area contributed by atoms with E-state index in [9.17, 15) is 9.59 Å². The minimum atomic E-state index is -0.159. The number of amides is 1. The number of aryl methyl sites for hydroxylation is 3. The van der Waals surface area contributed by atoms with E-state index in [0.29, 0.717) is 57.2 Å². The van der Waals surface area contributed by atoms with Crippen LogP contribution in [-0.2, 0) is 27.8 Å². The maximum atomic E-state index is 12.4. The van der Waals surface area contributed by atoms with Gasteiger partial charge in [0.25, 0.3) is 5.89 Å². The highest BCUT2D eigenvalue weighted by atomic mass is 16.5. The molecule has 3 heterocycles. The Morgan fingerprint density at radius 1 is 1.30 bits per heavy atom. The summed E-state index contributed by atoms with van der Waals surface area (Å²) in [6, 6.07) is 1.87. The monoisotopic (exact) mass is 375 g/mol. The molecule has 0 N–H and O–H groups in total. The van der Waals surface area contributed by atoms with Crippen LogP contribution in [0.25, 0.3) is 11.6 Å². The Morgan fingerprint density at radius 3 is 2.67 bits per heavy atom. The zero-order chi connectivity index (χ0) is 19.4. The van der Waals surface area contributed by atoms with Gasteiger partial charge in [-0.25, -0.2) is 0 Å². The summed E-state index contributed by atoms with van der Waals surface area (Å²) in [7, 11) is 1.82. The molecule has 1 fully saturated rings. The molecule has 146 valence electrons. The van der Waals surface area contributed by atoms with Crippen LogP contribution in [0.1, 0.15) is 37.8 Å². The highest BCUT2D eigenvalue weighted by Crippen LogP contribution is 2.21. The first-order chi connectivity index (χ1) is 13.0. The molecule has 9 nitrogen and oxygen atoms in total. The third-order valence-corrected chi connectivity index (χ3v) is 4.71. The second-order valence-corrected chi connectivity index (χ2v) is 6.70. The van der Waals surface area contributed by atoms with Gasteiger partial charge in [-0.05, 0) is 32.8 Å². The van der Waals surface area contributed by atoms with Gasteiger partial charge in [-0.1, -0.05) is 0 Å². The Labute approximate surface area is 157 Å². The van der Waals surface area contributed by atoms with Gasteiger partial charge in [-0.15, -0.1) is 10.2 Å². The number of carbonyl (C=O) groups is 2. The maximum Gasteiger partial charge on any atom is 0.309 e. The molecule has 0 atom stereocenters. The van der Waals surface area contributed by atoms with Gasteiger partial charge in [0, 0.05) is 33.0 Å². The molecule has 0 aromatic carbocycles. The van der Waals surface area contributed by atoms with Crippen LogP contribution in [0.4, 0.5) is 0 Å². The molecule has 0 saturated carbocycles. The van der Waals surface area contributed by atoms with Crippen molar-refractivity contribution in [3.63, 3.8) is 0 Å². The topological polar surface area (TPSA) is 103 Å². The molecular formula is C18H25N5O4.